The van der Waals surface area contributed by atoms with Gasteiger partial charge in [-0.3, -0.25) is 0 Å². The highest BCUT2D eigenvalue weighted by molar-refractivity contribution is 8.00. The van der Waals surface area contributed by atoms with Gasteiger partial charge in [0.15, 0.2) is 10.1 Å². The van der Waals surface area contributed by atoms with Crippen LogP contribution in [0.2, 0.25) is 0 Å². The quantitative estimate of drug-likeness (QED) is 0.292. The maximum atomic E-state index is 12.3. The molecule has 0 aliphatic heterocycles. The van der Waals surface area contributed by atoms with Gasteiger partial charge in [0.2, 0.25) is 5.88 Å². The van der Waals surface area contributed by atoms with Crippen molar-refractivity contribution in [2.45, 2.75) is 31.7 Å². The lowest BCUT2D eigenvalue weighted by Gasteiger charge is -2.14. The number of hydrogen-bond acceptors (Lipinski definition) is 8. The first-order valence-electron chi connectivity index (χ1n) is 8.01. The summed E-state index contributed by atoms with van der Waals surface area (Å²) in [4.78, 5) is 21.5. The summed E-state index contributed by atoms with van der Waals surface area (Å²) >= 11 is 3.10. The normalized spacial score (nSPS) is 11.3. The van der Waals surface area contributed by atoms with E-state index < -0.39 is 5.97 Å². The van der Waals surface area contributed by atoms with Crippen molar-refractivity contribution in [3.05, 3.63) is 39.8 Å². The van der Waals surface area contributed by atoms with Gasteiger partial charge in [0.05, 0.1) is 12.0 Å². The van der Waals surface area contributed by atoms with E-state index in [1.807, 2.05) is 37.6 Å². The van der Waals surface area contributed by atoms with E-state index in [9.17, 15) is 4.79 Å². The SMILES string of the molecule is CCOC(=O)/C(=N/OC)c1cc(C)c(C)cc1COc1csc(SC)n1. The van der Waals surface area contributed by atoms with Crippen molar-refractivity contribution in [1.82, 2.24) is 4.98 Å². The molecule has 2 rings (SSSR count). The fraction of sp³-hybridized carbons (Fsp3) is 0.389. The Hall–Kier alpha value is -2.06. The fourth-order valence-corrected chi connectivity index (χ4v) is 3.43. The highest BCUT2D eigenvalue weighted by Crippen LogP contribution is 2.26. The van der Waals surface area contributed by atoms with Crippen LogP contribution in [0.5, 0.6) is 5.88 Å². The Kier molecular flexibility index (Phi) is 7.47. The Morgan fingerprint density at radius 1 is 1.31 bits per heavy atom. The summed E-state index contributed by atoms with van der Waals surface area (Å²) in [5.41, 5.74) is 3.70. The van der Waals surface area contributed by atoms with Gasteiger partial charge in [0.1, 0.15) is 13.7 Å². The molecule has 1 aromatic heterocycles. The summed E-state index contributed by atoms with van der Waals surface area (Å²) in [6.07, 6.45) is 1.97. The second-order valence-corrected chi connectivity index (χ2v) is 7.29. The molecule has 0 unspecified atom stereocenters. The molecule has 140 valence electrons. The lowest BCUT2D eigenvalue weighted by Crippen LogP contribution is -2.21. The van der Waals surface area contributed by atoms with Crippen molar-refractivity contribution in [3.8, 4) is 5.88 Å². The zero-order valence-electron chi connectivity index (χ0n) is 15.5. The van der Waals surface area contributed by atoms with E-state index in [-0.39, 0.29) is 18.9 Å². The Balaban J connectivity index is 2.36. The molecule has 2 aromatic rings. The zero-order valence-corrected chi connectivity index (χ0v) is 17.1. The molecule has 0 radical (unpaired) electrons. The summed E-state index contributed by atoms with van der Waals surface area (Å²) in [5, 5.41) is 5.75. The van der Waals surface area contributed by atoms with Crippen molar-refractivity contribution in [2.75, 3.05) is 20.0 Å². The van der Waals surface area contributed by atoms with Crippen LogP contribution in [0.25, 0.3) is 0 Å². The molecule has 0 atom stereocenters. The summed E-state index contributed by atoms with van der Waals surface area (Å²) in [7, 11) is 1.40. The van der Waals surface area contributed by atoms with E-state index in [0.29, 0.717) is 11.4 Å². The van der Waals surface area contributed by atoms with Crippen LogP contribution in [0.3, 0.4) is 0 Å². The zero-order chi connectivity index (χ0) is 19.1. The van der Waals surface area contributed by atoms with Crippen molar-refractivity contribution in [1.29, 1.82) is 0 Å². The first-order chi connectivity index (χ1) is 12.5. The Morgan fingerprint density at radius 3 is 2.65 bits per heavy atom. The summed E-state index contributed by atoms with van der Waals surface area (Å²) in [6.45, 7) is 6.25. The molecule has 0 bridgehead atoms. The van der Waals surface area contributed by atoms with E-state index in [0.717, 1.165) is 21.0 Å². The number of esters is 1. The molecular weight excluding hydrogens is 372 g/mol. The van der Waals surface area contributed by atoms with E-state index in [1.165, 1.54) is 18.4 Å². The minimum Gasteiger partial charge on any atom is -0.472 e. The molecule has 1 aromatic carbocycles. The van der Waals surface area contributed by atoms with Crippen LogP contribution < -0.4 is 4.74 Å². The molecule has 0 aliphatic rings. The molecule has 0 spiro atoms. The highest BCUT2D eigenvalue weighted by atomic mass is 32.2. The largest absolute Gasteiger partial charge is 0.472 e. The van der Waals surface area contributed by atoms with Crippen molar-refractivity contribution < 1.29 is 19.1 Å². The number of ether oxygens (including phenoxy) is 2. The van der Waals surface area contributed by atoms with Crippen LogP contribution in [0.15, 0.2) is 27.0 Å². The lowest BCUT2D eigenvalue weighted by molar-refractivity contribution is -0.135. The molecule has 0 amide bonds. The van der Waals surface area contributed by atoms with E-state index in [1.54, 1.807) is 18.7 Å². The van der Waals surface area contributed by atoms with E-state index >= 15 is 0 Å². The average molecular weight is 395 g/mol. The molecule has 0 N–H and O–H groups in total. The highest BCUT2D eigenvalue weighted by Gasteiger charge is 2.21. The number of thiazole rings is 1. The van der Waals surface area contributed by atoms with Gasteiger partial charge in [0, 0.05) is 5.56 Å². The summed E-state index contributed by atoms with van der Waals surface area (Å²) in [5.74, 6) is 0.0297. The van der Waals surface area contributed by atoms with Crippen LogP contribution in [-0.4, -0.2) is 36.6 Å². The lowest BCUT2D eigenvalue weighted by atomic mass is 9.97. The monoisotopic (exact) mass is 394 g/mol. The molecule has 1 heterocycles. The minimum absolute atomic E-state index is 0.124. The third-order valence-electron chi connectivity index (χ3n) is 3.64. The first-order valence-corrected chi connectivity index (χ1v) is 10.1. The van der Waals surface area contributed by atoms with Crippen LogP contribution in [-0.2, 0) is 21.0 Å². The maximum Gasteiger partial charge on any atom is 0.361 e. The van der Waals surface area contributed by atoms with E-state index in [4.69, 9.17) is 14.3 Å². The Bertz CT molecular complexity index is 802. The number of nitrogens with zero attached hydrogens (tertiary/aromatic N) is 2. The maximum absolute atomic E-state index is 12.3. The van der Waals surface area contributed by atoms with Crippen molar-refractivity contribution >= 4 is 34.8 Å². The van der Waals surface area contributed by atoms with Gasteiger partial charge >= 0.3 is 5.97 Å². The van der Waals surface area contributed by atoms with Crippen LogP contribution >= 0.6 is 23.1 Å². The number of aryl methyl sites for hydroxylation is 2. The van der Waals surface area contributed by atoms with Crippen molar-refractivity contribution in [2.24, 2.45) is 5.16 Å². The van der Waals surface area contributed by atoms with Crippen molar-refractivity contribution in [3.63, 3.8) is 0 Å². The smallest absolute Gasteiger partial charge is 0.361 e. The number of rotatable bonds is 8. The van der Waals surface area contributed by atoms with Gasteiger partial charge in [-0.25, -0.2) is 4.79 Å². The second kappa shape index (κ2) is 9.59. The number of aromatic nitrogens is 1. The molecule has 0 aliphatic carbocycles. The van der Waals surface area contributed by atoms with Crippen LogP contribution in [0, 0.1) is 13.8 Å². The average Bonchev–Trinajstić information content (AvgIpc) is 3.09. The number of oxime groups is 1. The number of carbonyl (C=O) groups is 1. The van der Waals surface area contributed by atoms with Gasteiger partial charge in [0.25, 0.3) is 0 Å². The third kappa shape index (κ3) is 4.98. The minimum atomic E-state index is -0.530. The van der Waals surface area contributed by atoms with Gasteiger partial charge in [-0.2, -0.15) is 4.98 Å². The Labute approximate surface area is 161 Å². The van der Waals surface area contributed by atoms with Gasteiger partial charge in [-0.1, -0.05) is 23.0 Å². The molecule has 26 heavy (non-hydrogen) atoms. The molecule has 0 saturated heterocycles. The van der Waals surface area contributed by atoms with E-state index in [2.05, 4.69) is 10.1 Å². The molecular formula is C18H22N2O4S2. The predicted molar refractivity (Wildman–Crippen MR) is 104 cm³/mol. The fourth-order valence-electron chi connectivity index (χ4n) is 2.26. The number of benzene rings is 1. The van der Waals surface area contributed by atoms with Gasteiger partial charge < -0.3 is 14.3 Å². The molecule has 8 heteroatoms. The van der Waals surface area contributed by atoms with Crippen LogP contribution in [0.4, 0.5) is 0 Å². The molecule has 6 nitrogen and oxygen atoms in total. The summed E-state index contributed by atoms with van der Waals surface area (Å²) in [6, 6.07) is 3.88. The number of carbonyl (C=O) groups excluding carboxylic acids is 1. The van der Waals surface area contributed by atoms with Gasteiger partial charge in [-0.05, 0) is 49.8 Å². The van der Waals surface area contributed by atoms with Gasteiger partial charge in [-0.15, -0.1) is 11.3 Å². The summed E-state index contributed by atoms with van der Waals surface area (Å²) < 4.78 is 11.9. The molecule has 0 fully saturated rings. The second-order valence-electron chi connectivity index (χ2n) is 5.38. The predicted octanol–water partition coefficient (Wildman–Crippen LogP) is 3.97. The standard InChI is InChI=1S/C18H22N2O4S2/c1-6-23-17(21)16(20-22-4)14-8-12(3)11(2)7-13(14)9-24-15-10-26-18(19-15)25-5/h7-8,10H,6,9H2,1-5H3/b20-16+. The van der Waals surface area contributed by atoms with Crippen LogP contribution in [0.1, 0.15) is 29.2 Å². The number of hydrogen-bond donors (Lipinski definition) is 0. The topological polar surface area (TPSA) is 70.0 Å². The first kappa shape index (κ1) is 20.3. The third-order valence-corrected chi connectivity index (χ3v) is 5.48. The number of thioether (sulfide) groups is 1. The molecule has 0 saturated carbocycles. The Morgan fingerprint density at radius 2 is 2.04 bits per heavy atom.